The van der Waals surface area contributed by atoms with Crippen LogP contribution in [-0.2, 0) is 21.2 Å². The van der Waals surface area contributed by atoms with Crippen molar-refractivity contribution >= 4 is 15.9 Å². The Bertz CT molecular complexity index is 818. The lowest BCUT2D eigenvalue weighted by atomic mass is 10.1. The van der Waals surface area contributed by atoms with Gasteiger partial charge in [0, 0.05) is 6.54 Å². The van der Waals surface area contributed by atoms with Gasteiger partial charge in [0.15, 0.2) is 0 Å². The molecular weight excluding hydrogens is 336 g/mol. The van der Waals surface area contributed by atoms with Crippen LogP contribution in [0, 0.1) is 13.8 Å². The standard InChI is InChI=1S/C19H24N2O3S/c1-15-10-11-18(13-16(15)2)25(23,24)21-14-19(22)20-12-6-9-17-7-4-3-5-8-17/h3-5,7-8,10-11,13,21H,6,9,12,14H2,1-2H3,(H,20,22). The van der Waals surface area contributed by atoms with E-state index in [0.29, 0.717) is 6.54 Å². The van der Waals surface area contributed by atoms with Gasteiger partial charge in [-0.25, -0.2) is 13.1 Å². The molecule has 0 radical (unpaired) electrons. The summed E-state index contributed by atoms with van der Waals surface area (Å²) in [7, 11) is -3.68. The molecule has 0 saturated carbocycles. The summed E-state index contributed by atoms with van der Waals surface area (Å²) in [6.07, 6.45) is 1.68. The molecule has 5 nitrogen and oxygen atoms in total. The number of nitrogens with one attached hydrogen (secondary N) is 2. The van der Waals surface area contributed by atoms with E-state index in [2.05, 4.69) is 10.0 Å². The van der Waals surface area contributed by atoms with E-state index in [1.165, 1.54) is 5.56 Å². The zero-order chi connectivity index (χ0) is 18.3. The number of carbonyl (C=O) groups is 1. The van der Waals surface area contributed by atoms with Crippen LogP contribution in [0.3, 0.4) is 0 Å². The molecule has 0 aliphatic heterocycles. The van der Waals surface area contributed by atoms with Crippen molar-refractivity contribution in [1.29, 1.82) is 0 Å². The molecule has 0 bridgehead atoms. The van der Waals surface area contributed by atoms with Crippen molar-refractivity contribution in [3.63, 3.8) is 0 Å². The molecule has 0 fully saturated rings. The Morgan fingerprint density at radius 1 is 1.00 bits per heavy atom. The van der Waals surface area contributed by atoms with Gasteiger partial charge in [0.1, 0.15) is 0 Å². The van der Waals surface area contributed by atoms with Crippen molar-refractivity contribution in [3.8, 4) is 0 Å². The van der Waals surface area contributed by atoms with Crippen LogP contribution in [0.25, 0.3) is 0 Å². The first-order valence-corrected chi connectivity index (χ1v) is 9.74. The van der Waals surface area contributed by atoms with Crippen LogP contribution in [-0.4, -0.2) is 27.4 Å². The number of aryl methyl sites for hydroxylation is 3. The van der Waals surface area contributed by atoms with Crippen LogP contribution in [0.4, 0.5) is 0 Å². The average molecular weight is 360 g/mol. The van der Waals surface area contributed by atoms with Gasteiger partial charge in [0.2, 0.25) is 15.9 Å². The third-order valence-electron chi connectivity index (χ3n) is 4.02. The molecule has 2 rings (SSSR count). The van der Waals surface area contributed by atoms with Crippen LogP contribution < -0.4 is 10.0 Å². The van der Waals surface area contributed by atoms with E-state index >= 15 is 0 Å². The number of hydrogen-bond acceptors (Lipinski definition) is 3. The van der Waals surface area contributed by atoms with Gasteiger partial charge in [-0.2, -0.15) is 0 Å². The quantitative estimate of drug-likeness (QED) is 0.710. The first-order valence-electron chi connectivity index (χ1n) is 8.26. The molecule has 0 aliphatic rings. The summed E-state index contributed by atoms with van der Waals surface area (Å²) in [6, 6.07) is 14.9. The van der Waals surface area contributed by atoms with E-state index in [0.717, 1.165) is 24.0 Å². The maximum absolute atomic E-state index is 12.2. The molecule has 6 heteroatoms. The fourth-order valence-corrected chi connectivity index (χ4v) is 3.42. The molecule has 0 unspecified atom stereocenters. The smallest absolute Gasteiger partial charge is 0.241 e. The number of hydrogen-bond donors (Lipinski definition) is 2. The molecule has 0 heterocycles. The summed E-state index contributed by atoms with van der Waals surface area (Å²) in [5.74, 6) is -0.333. The Morgan fingerprint density at radius 2 is 1.72 bits per heavy atom. The van der Waals surface area contributed by atoms with Crippen LogP contribution >= 0.6 is 0 Å². The summed E-state index contributed by atoms with van der Waals surface area (Å²) in [6.45, 7) is 4.02. The molecule has 0 spiro atoms. The van der Waals surface area contributed by atoms with Crippen molar-refractivity contribution in [3.05, 3.63) is 65.2 Å². The Labute approximate surface area is 149 Å². The highest BCUT2D eigenvalue weighted by molar-refractivity contribution is 7.89. The zero-order valence-corrected chi connectivity index (χ0v) is 15.4. The van der Waals surface area contributed by atoms with Crippen LogP contribution in [0.1, 0.15) is 23.1 Å². The summed E-state index contributed by atoms with van der Waals surface area (Å²) in [5.41, 5.74) is 3.13. The lowest BCUT2D eigenvalue weighted by molar-refractivity contribution is -0.119. The average Bonchev–Trinajstić information content (AvgIpc) is 2.60. The molecule has 0 aliphatic carbocycles. The van der Waals surface area contributed by atoms with E-state index in [1.807, 2.05) is 44.2 Å². The normalized spacial score (nSPS) is 11.3. The Morgan fingerprint density at radius 3 is 2.40 bits per heavy atom. The second kappa shape index (κ2) is 8.78. The van der Waals surface area contributed by atoms with Crippen LogP contribution in [0.15, 0.2) is 53.4 Å². The van der Waals surface area contributed by atoms with Crippen molar-refractivity contribution < 1.29 is 13.2 Å². The molecule has 2 aromatic carbocycles. The summed E-state index contributed by atoms with van der Waals surface area (Å²) < 4.78 is 26.8. The van der Waals surface area contributed by atoms with Crippen molar-refractivity contribution in [2.75, 3.05) is 13.1 Å². The van der Waals surface area contributed by atoms with Crippen molar-refractivity contribution in [2.24, 2.45) is 0 Å². The minimum absolute atomic E-state index is 0.174. The maximum atomic E-state index is 12.2. The van der Waals surface area contributed by atoms with Gasteiger partial charge in [-0.05, 0) is 55.5 Å². The fraction of sp³-hybridized carbons (Fsp3) is 0.316. The first-order chi connectivity index (χ1) is 11.9. The van der Waals surface area contributed by atoms with Gasteiger partial charge < -0.3 is 5.32 Å². The Balaban J connectivity index is 1.76. The highest BCUT2D eigenvalue weighted by Crippen LogP contribution is 2.14. The SMILES string of the molecule is Cc1ccc(S(=O)(=O)NCC(=O)NCCCc2ccccc2)cc1C. The number of carbonyl (C=O) groups excluding carboxylic acids is 1. The predicted molar refractivity (Wildman–Crippen MR) is 98.9 cm³/mol. The highest BCUT2D eigenvalue weighted by atomic mass is 32.2. The summed E-state index contributed by atoms with van der Waals surface area (Å²) in [5, 5.41) is 2.73. The van der Waals surface area contributed by atoms with Gasteiger partial charge in [-0.1, -0.05) is 36.4 Å². The van der Waals surface area contributed by atoms with Crippen LogP contribution in [0.2, 0.25) is 0 Å². The largest absolute Gasteiger partial charge is 0.355 e. The predicted octanol–water partition coefficient (Wildman–Crippen LogP) is 2.33. The van der Waals surface area contributed by atoms with Gasteiger partial charge in [0.05, 0.1) is 11.4 Å². The van der Waals surface area contributed by atoms with E-state index < -0.39 is 10.0 Å². The van der Waals surface area contributed by atoms with Gasteiger partial charge in [0.25, 0.3) is 0 Å². The Kier molecular flexibility index (Phi) is 6.73. The number of sulfonamides is 1. The molecule has 25 heavy (non-hydrogen) atoms. The minimum Gasteiger partial charge on any atom is -0.355 e. The van der Waals surface area contributed by atoms with Gasteiger partial charge in [-0.3, -0.25) is 4.79 Å². The third kappa shape index (κ3) is 5.99. The number of rotatable bonds is 8. The zero-order valence-electron chi connectivity index (χ0n) is 14.6. The van der Waals surface area contributed by atoms with Gasteiger partial charge >= 0.3 is 0 Å². The van der Waals surface area contributed by atoms with Crippen LogP contribution in [0.5, 0.6) is 0 Å². The third-order valence-corrected chi connectivity index (χ3v) is 5.42. The lowest BCUT2D eigenvalue weighted by Crippen LogP contribution is -2.37. The van der Waals surface area contributed by atoms with E-state index in [1.54, 1.807) is 18.2 Å². The fourth-order valence-electron chi connectivity index (χ4n) is 2.35. The lowest BCUT2D eigenvalue weighted by Gasteiger charge is -2.09. The molecule has 0 saturated heterocycles. The molecule has 0 atom stereocenters. The topological polar surface area (TPSA) is 75.3 Å². The first kappa shape index (κ1) is 19.1. The van der Waals surface area contributed by atoms with Crippen molar-refractivity contribution in [1.82, 2.24) is 10.0 Å². The highest BCUT2D eigenvalue weighted by Gasteiger charge is 2.15. The second-order valence-electron chi connectivity index (χ2n) is 6.01. The minimum atomic E-state index is -3.68. The summed E-state index contributed by atoms with van der Waals surface area (Å²) in [4.78, 5) is 12.0. The summed E-state index contributed by atoms with van der Waals surface area (Å²) >= 11 is 0. The molecule has 1 amide bonds. The van der Waals surface area contributed by atoms with Crippen molar-refractivity contribution in [2.45, 2.75) is 31.6 Å². The monoisotopic (exact) mass is 360 g/mol. The Hall–Kier alpha value is -2.18. The molecular formula is C19H24N2O3S. The second-order valence-corrected chi connectivity index (χ2v) is 7.78. The molecule has 0 aromatic heterocycles. The van der Waals surface area contributed by atoms with E-state index in [-0.39, 0.29) is 17.3 Å². The van der Waals surface area contributed by atoms with Gasteiger partial charge in [-0.15, -0.1) is 0 Å². The maximum Gasteiger partial charge on any atom is 0.241 e. The molecule has 2 N–H and O–H groups in total. The molecule has 2 aromatic rings. The number of benzene rings is 2. The van der Waals surface area contributed by atoms with E-state index in [4.69, 9.17) is 0 Å². The van der Waals surface area contributed by atoms with E-state index in [9.17, 15) is 13.2 Å². The molecule has 134 valence electrons. The number of amides is 1.